The minimum atomic E-state index is -0.390. The fourth-order valence-electron chi connectivity index (χ4n) is 6.95. The number of piperidine rings is 1. The number of hydrogen-bond donors (Lipinski definition) is 2. The topological polar surface area (TPSA) is 118 Å². The number of nitrogens with two attached hydrogens (primary N) is 1. The SMILES string of the molecule is CC(=O)N1C2(c3nc(-c4ccc(C(=O)Nc5ccccn5)cc4)c4c(N)nccn34)CCC3CCC312. The third kappa shape index (κ3) is 2.52. The molecule has 3 aromatic heterocycles. The fraction of sp³-hybridized carbons (Fsp3) is 0.296. The number of nitrogens with one attached hydrogen (secondary N) is 1. The molecule has 2 saturated carbocycles. The van der Waals surface area contributed by atoms with E-state index in [4.69, 9.17) is 10.7 Å². The molecule has 9 nitrogen and oxygen atoms in total. The Morgan fingerprint density at radius 2 is 1.86 bits per heavy atom. The number of benzene rings is 1. The quantitative estimate of drug-likeness (QED) is 0.432. The van der Waals surface area contributed by atoms with Crippen molar-refractivity contribution in [2.45, 2.75) is 43.7 Å². The van der Waals surface area contributed by atoms with E-state index in [2.05, 4.69) is 20.2 Å². The second kappa shape index (κ2) is 7.13. The van der Waals surface area contributed by atoms with Gasteiger partial charge in [-0.1, -0.05) is 18.2 Å². The summed E-state index contributed by atoms with van der Waals surface area (Å²) in [5.74, 6) is 2.13. The normalized spacial score (nSPS) is 25.7. The van der Waals surface area contributed by atoms with Crippen molar-refractivity contribution < 1.29 is 9.59 Å². The minimum absolute atomic E-state index is 0.1000. The van der Waals surface area contributed by atoms with Crippen LogP contribution < -0.4 is 11.1 Å². The van der Waals surface area contributed by atoms with E-state index in [1.165, 1.54) is 0 Å². The molecule has 3 unspecified atom stereocenters. The number of likely N-dealkylation sites (tertiary alicyclic amines) is 1. The Hall–Kier alpha value is -4.27. The Balaban J connectivity index is 1.30. The number of rotatable bonds is 4. The smallest absolute Gasteiger partial charge is 0.256 e. The lowest BCUT2D eigenvalue weighted by atomic mass is 9.71. The van der Waals surface area contributed by atoms with E-state index in [0.717, 1.165) is 42.6 Å². The number of pyridine rings is 1. The number of hydrogen-bond acceptors (Lipinski definition) is 6. The van der Waals surface area contributed by atoms with Gasteiger partial charge in [0.15, 0.2) is 0 Å². The zero-order chi connectivity index (χ0) is 24.7. The Morgan fingerprint density at radius 3 is 2.53 bits per heavy atom. The molecule has 1 saturated heterocycles. The second-order valence-corrected chi connectivity index (χ2v) is 9.97. The molecule has 9 heteroatoms. The first-order chi connectivity index (χ1) is 17.5. The predicted octanol–water partition coefficient (Wildman–Crippen LogP) is 3.63. The maximum atomic E-state index is 12.7. The lowest BCUT2D eigenvalue weighted by Gasteiger charge is -2.34. The first kappa shape index (κ1) is 21.0. The van der Waals surface area contributed by atoms with Crippen molar-refractivity contribution in [3.05, 3.63) is 72.4 Å². The zero-order valence-corrected chi connectivity index (χ0v) is 19.8. The second-order valence-electron chi connectivity index (χ2n) is 9.97. The molecule has 1 spiro atoms. The Morgan fingerprint density at radius 1 is 1.06 bits per heavy atom. The molecule has 3 N–H and O–H groups in total. The van der Waals surface area contributed by atoms with Gasteiger partial charge in [-0.25, -0.2) is 15.0 Å². The van der Waals surface area contributed by atoms with E-state index < -0.39 is 0 Å². The summed E-state index contributed by atoms with van der Waals surface area (Å²) in [4.78, 5) is 41.1. The molecule has 2 amide bonds. The summed E-state index contributed by atoms with van der Waals surface area (Å²) in [6, 6.07) is 12.6. The van der Waals surface area contributed by atoms with Gasteiger partial charge in [0.2, 0.25) is 5.91 Å². The lowest BCUT2D eigenvalue weighted by molar-refractivity contribution is -0.127. The molecule has 1 aliphatic heterocycles. The van der Waals surface area contributed by atoms with Crippen LogP contribution in [-0.4, -0.2) is 41.6 Å². The highest BCUT2D eigenvalue weighted by atomic mass is 16.2. The first-order valence-corrected chi connectivity index (χ1v) is 12.2. The molecule has 36 heavy (non-hydrogen) atoms. The van der Waals surface area contributed by atoms with Crippen molar-refractivity contribution in [2.75, 3.05) is 11.1 Å². The summed E-state index contributed by atoms with van der Waals surface area (Å²) in [7, 11) is 0. The molecule has 0 bridgehead atoms. The van der Waals surface area contributed by atoms with Gasteiger partial charge in [-0.3, -0.25) is 14.0 Å². The van der Waals surface area contributed by atoms with Gasteiger partial charge in [0.1, 0.15) is 34.2 Å². The van der Waals surface area contributed by atoms with Gasteiger partial charge >= 0.3 is 0 Å². The first-order valence-electron chi connectivity index (χ1n) is 12.2. The number of carbonyl (C=O) groups excluding carboxylic acids is 2. The highest BCUT2D eigenvalue weighted by molar-refractivity contribution is 6.04. The van der Waals surface area contributed by atoms with Crippen LogP contribution in [0.3, 0.4) is 0 Å². The molecule has 7 rings (SSSR count). The van der Waals surface area contributed by atoms with E-state index in [-0.39, 0.29) is 22.9 Å². The summed E-state index contributed by atoms with van der Waals surface area (Å²) in [5, 5.41) is 2.80. The maximum Gasteiger partial charge on any atom is 0.256 e. The number of anilines is 2. The predicted molar refractivity (Wildman–Crippen MR) is 134 cm³/mol. The van der Waals surface area contributed by atoms with Crippen LogP contribution in [0.2, 0.25) is 0 Å². The van der Waals surface area contributed by atoms with Gasteiger partial charge in [0.05, 0.1) is 5.54 Å². The van der Waals surface area contributed by atoms with Crippen LogP contribution in [0.5, 0.6) is 0 Å². The van der Waals surface area contributed by atoms with Crippen molar-refractivity contribution >= 4 is 29.0 Å². The third-order valence-electron chi connectivity index (χ3n) is 8.45. The van der Waals surface area contributed by atoms with Crippen molar-refractivity contribution in [1.29, 1.82) is 0 Å². The molecule has 4 aromatic rings. The number of aromatic nitrogens is 4. The van der Waals surface area contributed by atoms with Crippen LogP contribution in [0.4, 0.5) is 11.6 Å². The van der Waals surface area contributed by atoms with Crippen molar-refractivity contribution in [3.8, 4) is 11.3 Å². The van der Waals surface area contributed by atoms with Gasteiger partial charge in [-0.15, -0.1) is 0 Å². The molecular formula is C27H25N7O2. The van der Waals surface area contributed by atoms with Crippen LogP contribution in [-0.2, 0) is 10.3 Å². The summed E-state index contributed by atoms with van der Waals surface area (Å²) in [6.07, 6.45) is 9.39. The maximum absolute atomic E-state index is 12.7. The van der Waals surface area contributed by atoms with E-state index >= 15 is 0 Å². The highest BCUT2D eigenvalue weighted by Crippen LogP contribution is 2.77. The summed E-state index contributed by atoms with van der Waals surface area (Å²) in [5.41, 5.74) is 8.64. The molecule has 180 valence electrons. The highest BCUT2D eigenvalue weighted by Gasteiger charge is 2.86. The molecule has 3 atom stereocenters. The fourth-order valence-corrected chi connectivity index (χ4v) is 6.95. The molecule has 4 heterocycles. The zero-order valence-electron chi connectivity index (χ0n) is 19.8. The summed E-state index contributed by atoms with van der Waals surface area (Å²) >= 11 is 0. The monoisotopic (exact) mass is 479 g/mol. The van der Waals surface area contributed by atoms with E-state index in [9.17, 15) is 9.59 Å². The van der Waals surface area contributed by atoms with Crippen LogP contribution >= 0.6 is 0 Å². The van der Waals surface area contributed by atoms with Crippen molar-refractivity contribution in [2.24, 2.45) is 5.92 Å². The summed E-state index contributed by atoms with van der Waals surface area (Å²) < 4.78 is 2.02. The average molecular weight is 480 g/mol. The minimum Gasteiger partial charge on any atom is -0.382 e. The Labute approximate surface area is 207 Å². The molecule has 3 aliphatic rings. The Kier molecular flexibility index (Phi) is 4.17. The molecule has 2 aliphatic carbocycles. The number of amides is 2. The van der Waals surface area contributed by atoms with E-state index in [1.807, 2.05) is 28.8 Å². The van der Waals surface area contributed by atoms with E-state index in [0.29, 0.717) is 28.8 Å². The molecule has 0 radical (unpaired) electrons. The van der Waals surface area contributed by atoms with Gasteiger partial charge in [0.25, 0.3) is 5.91 Å². The van der Waals surface area contributed by atoms with Crippen LogP contribution in [0.25, 0.3) is 16.8 Å². The number of nitrogens with zero attached hydrogens (tertiary/aromatic N) is 5. The average Bonchev–Trinajstić information content (AvgIpc) is 3.23. The van der Waals surface area contributed by atoms with Gasteiger partial charge < -0.3 is 16.0 Å². The van der Waals surface area contributed by atoms with Gasteiger partial charge in [-0.05, 0) is 55.9 Å². The molecular weight excluding hydrogens is 454 g/mol. The van der Waals surface area contributed by atoms with Gasteiger partial charge in [0, 0.05) is 36.6 Å². The van der Waals surface area contributed by atoms with Crippen LogP contribution in [0.1, 0.15) is 48.8 Å². The molecule has 3 fully saturated rings. The van der Waals surface area contributed by atoms with Gasteiger partial charge in [-0.2, -0.15) is 0 Å². The number of fused-ring (bicyclic) bond motifs is 1. The molecule has 1 aromatic carbocycles. The lowest BCUT2D eigenvalue weighted by Crippen LogP contribution is -2.39. The third-order valence-corrected chi connectivity index (χ3v) is 8.45. The number of carbonyl (C=O) groups is 2. The standard InChI is InChI=1S/C27H25N7O2/c1-16(35)34-26-11-9-19(26)10-12-27(26,34)25-32-21(22-23(28)30-14-15-33(22)25)17-5-7-18(8-6-17)24(36)31-20-4-2-3-13-29-20/h2-8,13-15,19H,9-12H2,1H3,(H2,28,30)(H,29,31,36). The largest absolute Gasteiger partial charge is 0.382 e. The number of nitrogen functional groups attached to an aromatic ring is 1. The van der Waals surface area contributed by atoms with Crippen LogP contribution in [0, 0.1) is 5.92 Å². The van der Waals surface area contributed by atoms with Crippen molar-refractivity contribution in [3.63, 3.8) is 0 Å². The number of imidazole rings is 1. The van der Waals surface area contributed by atoms with Crippen LogP contribution in [0.15, 0.2) is 61.1 Å². The van der Waals surface area contributed by atoms with Crippen molar-refractivity contribution in [1.82, 2.24) is 24.3 Å². The Bertz CT molecular complexity index is 1550. The van der Waals surface area contributed by atoms with E-state index in [1.54, 1.807) is 43.6 Å². The summed E-state index contributed by atoms with van der Waals surface area (Å²) in [6.45, 7) is 1.66.